The molecule has 0 saturated heterocycles. The SMILES string of the molecule is C/C=C(CCCc1cccc(/C=C/c2ccc3ccccc3n2)c1)\C(=C/CC)C(C)(C)O.CCl.O=C(O)CC1(CS)CC1. The number of aliphatic carboxylic acids is 1. The van der Waals surface area contributed by atoms with Crippen LogP contribution in [-0.4, -0.2) is 38.9 Å². The normalized spacial score (nSPS) is 14.5. The number of rotatable bonds is 12. The second kappa shape index (κ2) is 18.1. The first-order valence-corrected chi connectivity index (χ1v) is 16.4. The molecule has 1 aromatic heterocycles. The molecule has 4 rings (SSSR count). The maximum Gasteiger partial charge on any atom is 0.303 e. The number of alkyl halides is 1. The number of para-hydroxylation sites is 1. The quantitative estimate of drug-likeness (QED) is 0.107. The van der Waals surface area contributed by atoms with Crippen LogP contribution in [0.25, 0.3) is 23.1 Å². The molecule has 0 unspecified atom stereocenters. The Hall–Kier alpha value is -2.86. The molecule has 0 aliphatic heterocycles. The van der Waals surface area contributed by atoms with Crippen LogP contribution in [0, 0.1) is 5.41 Å². The largest absolute Gasteiger partial charge is 0.481 e. The molecule has 0 amide bonds. The molecule has 0 spiro atoms. The lowest BCUT2D eigenvalue weighted by Gasteiger charge is -2.24. The van der Waals surface area contributed by atoms with Gasteiger partial charge in [-0.3, -0.25) is 4.79 Å². The van der Waals surface area contributed by atoms with E-state index in [1.165, 1.54) is 23.1 Å². The molecular weight excluding hydrogens is 574 g/mol. The number of fused-ring (bicyclic) bond motifs is 1. The van der Waals surface area contributed by atoms with E-state index in [4.69, 9.17) is 10.1 Å². The highest BCUT2D eigenvalue weighted by Crippen LogP contribution is 2.49. The zero-order valence-corrected chi connectivity index (χ0v) is 28.0. The Kier molecular flexibility index (Phi) is 15.3. The predicted octanol–water partition coefficient (Wildman–Crippen LogP) is 9.81. The number of allylic oxidation sites excluding steroid dienone is 2. The predicted molar refractivity (Wildman–Crippen MR) is 188 cm³/mol. The monoisotopic (exact) mass is 621 g/mol. The van der Waals surface area contributed by atoms with Gasteiger partial charge >= 0.3 is 5.97 Å². The number of benzene rings is 2. The molecule has 4 nitrogen and oxygen atoms in total. The molecule has 232 valence electrons. The lowest BCUT2D eigenvalue weighted by Crippen LogP contribution is -2.23. The van der Waals surface area contributed by atoms with Crippen molar-refractivity contribution in [2.24, 2.45) is 5.41 Å². The number of hydrogen-bond donors (Lipinski definition) is 3. The molecule has 1 aliphatic rings. The van der Waals surface area contributed by atoms with Crippen molar-refractivity contribution in [1.29, 1.82) is 0 Å². The van der Waals surface area contributed by atoms with Gasteiger partial charge in [-0.15, -0.1) is 11.6 Å². The molecule has 43 heavy (non-hydrogen) atoms. The van der Waals surface area contributed by atoms with Crippen molar-refractivity contribution in [3.63, 3.8) is 0 Å². The summed E-state index contributed by atoms with van der Waals surface area (Å²) in [6.07, 6.45) is 16.3. The average Bonchev–Trinajstić information content (AvgIpc) is 3.77. The van der Waals surface area contributed by atoms with Gasteiger partial charge in [0.15, 0.2) is 0 Å². The standard InChI is InChI=1S/C30H35NO.C6H10O2S.CH3Cl/c1-5-11-28(30(3,4)32)25(6-2)16-10-14-23-12-9-13-24(22-23)18-20-27-21-19-26-15-7-8-17-29(26)31-27;7-5(8)3-6(4-9)1-2-6;1-2/h6-9,11-13,15,17-22,32H,5,10,14,16H2,1-4H3;9H,1-4H2,(H,7,8);1H3/b20-18+,25-6-,28-11+;;. The number of aliphatic hydroxyl groups is 1. The fourth-order valence-electron chi connectivity index (χ4n) is 4.99. The van der Waals surface area contributed by atoms with E-state index in [9.17, 15) is 9.90 Å². The smallest absolute Gasteiger partial charge is 0.303 e. The van der Waals surface area contributed by atoms with Crippen molar-refractivity contribution in [3.05, 3.63) is 101 Å². The van der Waals surface area contributed by atoms with Crippen LogP contribution >= 0.6 is 24.2 Å². The summed E-state index contributed by atoms with van der Waals surface area (Å²) in [4.78, 5) is 14.9. The Bertz CT molecular complexity index is 1400. The van der Waals surface area contributed by atoms with Gasteiger partial charge in [0.2, 0.25) is 0 Å². The van der Waals surface area contributed by atoms with Gasteiger partial charge in [-0.1, -0.05) is 73.7 Å². The number of aromatic nitrogens is 1. The van der Waals surface area contributed by atoms with Gasteiger partial charge in [-0.05, 0) is 111 Å². The van der Waals surface area contributed by atoms with Gasteiger partial charge in [0, 0.05) is 11.8 Å². The zero-order valence-electron chi connectivity index (χ0n) is 26.3. The topological polar surface area (TPSA) is 70.4 Å². The second-order valence-corrected chi connectivity index (χ2v) is 11.8. The number of carboxylic acids is 1. The van der Waals surface area contributed by atoms with Crippen LogP contribution < -0.4 is 0 Å². The Balaban J connectivity index is 0.000000496. The van der Waals surface area contributed by atoms with E-state index in [1.54, 1.807) is 0 Å². The molecule has 1 aliphatic carbocycles. The Labute approximate surface area is 269 Å². The second-order valence-electron chi connectivity index (χ2n) is 11.5. The molecule has 0 atom stereocenters. The Morgan fingerprint density at radius 2 is 1.79 bits per heavy atom. The fraction of sp³-hybridized carbons (Fsp3) is 0.405. The summed E-state index contributed by atoms with van der Waals surface area (Å²) in [5, 5.41) is 20.1. The number of nitrogens with zero attached hydrogens (tertiary/aromatic N) is 1. The van der Waals surface area contributed by atoms with Gasteiger partial charge in [0.25, 0.3) is 0 Å². The molecule has 3 aromatic rings. The third kappa shape index (κ3) is 12.3. The highest BCUT2D eigenvalue weighted by atomic mass is 35.5. The fourth-order valence-corrected chi connectivity index (χ4v) is 5.42. The van der Waals surface area contributed by atoms with Gasteiger partial charge in [-0.2, -0.15) is 12.6 Å². The minimum absolute atomic E-state index is 0.0783. The first kappa shape index (κ1) is 36.3. The molecule has 2 aromatic carbocycles. The maximum absolute atomic E-state index is 10.6. The molecule has 1 heterocycles. The molecule has 2 N–H and O–H groups in total. The van der Waals surface area contributed by atoms with Crippen LogP contribution in [0.3, 0.4) is 0 Å². The Morgan fingerprint density at radius 3 is 2.37 bits per heavy atom. The summed E-state index contributed by atoms with van der Waals surface area (Å²) in [5.41, 5.74) is 6.08. The van der Waals surface area contributed by atoms with Crippen LogP contribution in [0.2, 0.25) is 0 Å². The van der Waals surface area contributed by atoms with Gasteiger partial charge in [-0.25, -0.2) is 4.98 Å². The lowest BCUT2D eigenvalue weighted by atomic mass is 9.87. The van der Waals surface area contributed by atoms with E-state index >= 15 is 0 Å². The zero-order chi connectivity index (χ0) is 31.9. The summed E-state index contributed by atoms with van der Waals surface area (Å²) in [5.74, 6) is 0.0285. The maximum atomic E-state index is 10.6. The molecule has 0 radical (unpaired) electrons. The minimum atomic E-state index is -0.806. The average molecular weight is 622 g/mol. The van der Waals surface area contributed by atoms with E-state index < -0.39 is 11.6 Å². The summed E-state index contributed by atoms with van der Waals surface area (Å²) in [6, 6.07) is 21.1. The number of thiol groups is 1. The molecule has 6 heteroatoms. The molecule has 1 fully saturated rings. The number of carboxylic acid groups (broad SMARTS) is 1. The first-order chi connectivity index (χ1) is 20.6. The number of pyridine rings is 1. The van der Waals surface area contributed by atoms with Crippen LogP contribution in [0.1, 0.15) is 83.0 Å². The highest BCUT2D eigenvalue weighted by molar-refractivity contribution is 7.80. The van der Waals surface area contributed by atoms with Crippen molar-refractivity contribution in [2.45, 2.75) is 78.2 Å². The van der Waals surface area contributed by atoms with Gasteiger partial charge in [0.1, 0.15) is 0 Å². The molecule has 0 bridgehead atoms. The molecular formula is C37H48ClNO3S. The van der Waals surface area contributed by atoms with Crippen molar-refractivity contribution in [1.82, 2.24) is 4.98 Å². The van der Waals surface area contributed by atoms with E-state index in [2.05, 4.69) is 105 Å². The summed E-state index contributed by atoms with van der Waals surface area (Å²) in [7, 11) is 0. The van der Waals surface area contributed by atoms with Crippen molar-refractivity contribution < 1.29 is 15.0 Å². The minimum Gasteiger partial charge on any atom is -0.481 e. The third-order valence-electron chi connectivity index (χ3n) is 7.51. The van der Waals surface area contributed by atoms with Crippen molar-refractivity contribution in [2.75, 3.05) is 12.1 Å². The summed E-state index contributed by atoms with van der Waals surface area (Å²) < 4.78 is 0. The van der Waals surface area contributed by atoms with Crippen LogP contribution in [0.5, 0.6) is 0 Å². The van der Waals surface area contributed by atoms with Crippen molar-refractivity contribution >= 4 is 53.3 Å². The third-order valence-corrected chi connectivity index (χ3v) is 8.18. The van der Waals surface area contributed by atoms with E-state index in [0.717, 1.165) is 66.4 Å². The van der Waals surface area contributed by atoms with Crippen LogP contribution in [0.4, 0.5) is 0 Å². The number of carbonyl (C=O) groups is 1. The van der Waals surface area contributed by atoms with E-state index in [0.29, 0.717) is 6.42 Å². The number of halogens is 1. The molecule has 1 saturated carbocycles. The summed E-state index contributed by atoms with van der Waals surface area (Å²) in [6.45, 7) is 7.93. The number of aryl methyl sites for hydroxylation is 1. The summed E-state index contributed by atoms with van der Waals surface area (Å²) >= 11 is 8.71. The highest BCUT2D eigenvalue weighted by Gasteiger charge is 2.42. The van der Waals surface area contributed by atoms with Gasteiger partial charge in [0.05, 0.1) is 23.2 Å². The van der Waals surface area contributed by atoms with Crippen LogP contribution in [0.15, 0.2) is 84.0 Å². The Morgan fingerprint density at radius 1 is 1.07 bits per heavy atom. The van der Waals surface area contributed by atoms with Crippen molar-refractivity contribution in [3.8, 4) is 0 Å². The number of hydrogen-bond acceptors (Lipinski definition) is 4. The van der Waals surface area contributed by atoms with Crippen LogP contribution in [-0.2, 0) is 11.2 Å². The van der Waals surface area contributed by atoms with E-state index in [-0.39, 0.29) is 5.41 Å². The first-order valence-electron chi connectivity index (χ1n) is 15.0. The van der Waals surface area contributed by atoms with E-state index in [1.807, 2.05) is 32.0 Å². The van der Waals surface area contributed by atoms with Gasteiger partial charge < -0.3 is 10.2 Å². The lowest BCUT2D eigenvalue weighted by molar-refractivity contribution is -0.138.